The molecule has 4 aromatic rings. The number of likely N-dealkylation sites (tertiary alicyclic amines) is 1. The predicted molar refractivity (Wildman–Crippen MR) is 128 cm³/mol. The number of carbonyl (C=O) groups is 1. The van der Waals surface area contributed by atoms with Crippen molar-refractivity contribution in [1.82, 2.24) is 24.6 Å². The molecule has 6 rings (SSSR count). The van der Waals surface area contributed by atoms with E-state index in [2.05, 4.69) is 38.4 Å². The molecule has 8 heteroatoms. The number of H-pyrrole nitrogens is 1. The van der Waals surface area contributed by atoms with Gasteiger partial charge in [-0.2, -0.15) is 5.10 Å². The van der Waals surface area contributed by atoms with E-state index in [1.807, 2.05) is 44.4 Å². The van der Waals surface area contributed by atoms with Gasteiger partial charge in [-0.15, -0.1) is 12.4 Å². The van der Waals surface area contributed by atoms with Crippen LogP contribution >= 0.6 is 12.4 Å². The van der Waals surface area contributed by atoms with Crippen molar-refractivity contribution in [2.75, 3.05) is 18.9 Å². The highest BCUT2D eigenvalue weighted by Gasteiger charge is 2.51. The lowest BCUT2D eigenvalue weighted by atomic mass is 10.0. The van der Waals surface area contributed by atoms with E-state index in [4.69, 9.17) is 0 Å². The summed E-state index contributed by atoms with van der Waals surface area (Å²) in [6.07, 6.45) is 5.77. The van der Waals surface area contributed by atoms with Crippen molar-refractivity contribution in [2.45, 2.75) is 32.2 Å². The number of hydrogen-bond donors (Lipinski definition) is 2. The third-order valence-corrected chi connectivity index (χ3v) is 7.12. The first-order valence-electron chi connectivity index (χ1n) is 10.8. The Morgan fingerprint density at radius 1 is 1.22 bits per heavy atom. The minimum absolute atomic E-state index is 0. The van der Waals surface area contributed by atoms with E-state index in [9.17, 15) is 4.79 Å². The molecule has 0 unspecified atom stereocenters. The molecule has 1 amide bonds. The van der Waals surface area contributed by atoms with Crippen LogP contribution in [0, 0.1) is 12.3 Å². The summed E-state index contributed by atoms with van der Waals surface area (Å²) in [5.41, 5.74) is 5.29. The van der Waals surface area contributed by atoms with Crippen molar-refractivity contribution < 1.29 is 4.79 Å². The lowest BCUT2D eigenvalue weighted by Gasteiger charge is -2.17. The van der Waals surface area contributed by atoms with E-state index in [0.717, 1.165) is 27.5 Å². The normalized spacial score (nSPS) is 19.5. The zero-order chi connectivity index (χ0) is 21.3. The number of hydrogen-bond acceptors (Lipinski definition) is 4. The molecule has 4 heterocycles. The van der Waals surface area contributed by atoms with Gasteiger partial charge in [0.1, 0.15) is 5.82 Å². The van der Waals surface area contributed by atoms with Gasteiger partial charge in [0.25, 0.3) is 5.91 Å². The number of aryl methyl sites for hydroxylation is 2. The Bertz CT molecular complexity index is 1350. The summed E-state index contributed by atoms with van der Waals surface area (Å²) in [5, 5.41) is 9.50. The minimum atomic E-state index is -0.175. The van der Waals surface area contributed by atoms with Crippen molar-refractivity contribution in [2.24, 2.45) is 12.5 Å². The summed E-state index contributed by atoms with van der Waals surface area (Å²) >= 11 is 0. The summed E-state index contributed by atoms with van der Waals surface area (Å²) in [6.45, 7) is 3.16. The van der Waals surface area contributed by atoms with Gasteiger partial charge >= 0.3 is 0 Å². The second kappa shape index (κ2) is 7.32. The number of rotatable bonds is 3. The molecular formula is C24H27ClN6O. The second-order valence-corrected chi connectivity index (χ2v) is 9.41. The van der Waals surface area contributed by atoms with E-state index < -0.39 is 0 Å². The van der Waals surface area contributed by atoms with Crippen LogP contribution in [0.5, 0.6) is 0 Å². The largest absolute Gasteiger partial charge is 0.357 e. The van der Waals surface area contributed by atoms with Crippen LogP contribution in [0.2, 0.25) is 0 Å². The number of halogens is 1. The molecule has 2 fully saturated rings. The smallest absolute Gasteiger partial charge is 0.256 e. The minimum Gasteiger partial charge on any atom is -0.357 e. The quantitative estimate of drug-likeness (QED) is 0.478. The van der Waals surface area contributed by atoms with Gasteiger partial charge in [-0.3, -0.25) is 14.4 Å². The van der Waals surface area contributed by atoms with Crippen LogP contribution in [0.15, 0.2) is 36.5 Å². The van der Waals surface area contributed by atoms with E-state index >= 15 is 0 Å². The number of fused-ring (bicyclic) bond motifs is 2. The van der Waals surface area contributed by atoms with E-state index in [0.29, 0.717) is 22.8 Å². The van der Waals surface area contributed by atoms with E-state index in [1.54, 1.807) is 4.68 Å². The first kappa shape index (κ1) is 21.0. The number of nitrogens with one attached hydrogen (secondary N) is 2. The molecule has 2 aliphatic rings. The van der Waals surface area contributed by atoms with Gasteiger partial charge in [-0.1, -0.05) is 6.07 Å². The topological polar surface area (TPSA) is 78.8 Å². The van der Waals surface area contributed by atoms with E-state index in [-0.39, 0.29) is 18.3 Å². The number of aromatic amines is 1. The molecule has 1 spiro atoms. The molecule has 0 bridgehead atoms. The van der Waals surface area contributed by atoms with Gasteiger partial charge in [0.15, 0.2) is 0 Å². The summed E-state index contributed by atoms with van der Waals surface area (Å²) < 4.78 is 1.80. The van der Waals surface area contributed by atoms with Crippen LogP contribution in [0.1, 0.15) is 47.1 Å². The molecule has 2 N–H and O–H groups in total. The van der Waals surface area contributed by atoms with Crippen LogP contribution in [0.4, 0.5) is 5.82 Å². The van der Waals surface area contributed by atoms with Gasteiger partial charge < -0.3 is 10.3 Å². The van der Waals surface area contributed by atoms with Gasteiger partial charge in [-0.05, 0) is 56.8 Å². The standard InChI is InChI=1S/C24H26N6O.ClH/c1-14-17-5-4-15(9-20(17)30(3)28-14)23(31)27-22-10-18-16(12-25-22)8-19(26-18)21-11-24(6-7-24)13-29(21)2;/h4-5,8-10,12,21,26H,6-7,11,13H2,1-3H3,(H,25,27,31);1H/t21-;/m1./s1. The Hall–Kier alpha value is -2.90. The molecule has 1 aromatic carbocycles. The summed E-state index contributed by atoms with van der Waals surface area (Å²) in [5.74, 6) is 0.371. The summed E-state index contributed by atoms with van der Waals surface area (Å²) in [7, 11) is 4.11. The molecule has 1 atom stereocenters. The molecule has 1 aliphatic heterocycles. The maximum absolute atomic E-state index is 12.9. The van der Waals surface area contributed by atoms with Crippen LogP contribution in [0.3, 0.4) is 0 Å². The molecule has 0 radical (unpaired) electrons. The highest BCUT2D eigenvalue weighted by atomic mass is 35.5. The number of anilines is 1. The molecule has 166 valence electrons. The van der Waals surface area contributed by atoms with Gasteiger partial charge in [-0.25, -0.2) is 4.98 Å². The van der Waals surface area contributed by atoms with Crippen molar-refractivity contribution in [1.29, 1.82) is 0 Å². The molecule has 7 nitrogen and oxygen atoms in total. The highest BCUT2D eigenvalue weighted by molar-refractivity contribution is 6.06. The Morgan fingerprint density at radius 2 is 2.03 bits per heavy atom. The van der Waals surface area contributed by atoms with Gasteiger partial charge in [0, 0.05) is 47.9 Å². The van der Waals surface area contributed by atoms with Crippen molar-refractivity contribution in [3.63, 3.8) is 0 Å². The van der Waals surface area contributed by atoms with Crippen molar-refractivity contribution >= 4 is 45.9 Å². The lowest BCUT2D eigenvalue weighted by Crippen LogP contribution is -2.18. The number of benzene rings is 1. The number of aromatic nitrogens is 4. The average Bonchev–Trinajstić information content (AvgIpc) is 3.09. The number of amides is 1. The van der Waals surface area contributed by atoms with Crippen LogP contribution in [-0.2, 0) is 7.05 Å². The van der Waals surface area contributed by atoms with Crippen LogP contribution < -0.4 is 5.32 Å². The monoisotopic (exact) mass is 450 g/mol. The lowest BCUT2D eigenvalue weighted by molar-refractivity contribution is 0.102. The van der Waals surface area contributed by atoms with E-state index in [1.165, 1.54) is 31.5 Å². The van der Waals surface area contributed by atoms with Crippen LogP contribution in [-0.4, -0.2) is 44.1 Å². The first-order chi connectivity index (χ1) is 14.9. The number of pyridine rings is 1. The van der Waals surface area contributed by atoms with Crippen LogP contribution in [0.25, 0.3) is 21.8 Å². The molecular weight excluding hydrogens is 424 g/mol. The van der Waals surface area contributed by atoms with Crippen molar-refractivity contribution in [3.05, 3.63) is 53.5 Å². The molecule has 1 aliphatic carbocycles. The molecule has 1 saturated carbocycles. The third kappa shape index (κ3) is 3.36. The predicted octanol–water partition coefficient (Wildman–Crippen LogP) is 4.59. The Morgan fingerprint density at radius 3 is 2.78 bits per heavy atom. The Balaban J connectivity index is 0.00000216. The summed E-state index contributed by atoms with van der Waals surface area (Å²) in [4.78, 5) is 23.4. The third-order valence-electron chi connectivity index (χ3n) is 7.12. The first-order valence-corrected chi connectivity index (χ1v) is 10.8. The SMILES string of the molecule is Cc1nn(C)c2cc(C(=O)Nc3cc4[nH]c([C@H]5CC6(CC6)CN5C)cc4cn3)ccc12.Cl. The number of nitrogens with zero attached hydrogens (tertiary/aromatic N) is 4. The summed E-state index contributed by atoms with van der Waals surface area (Å²) in [6, 6.07) is 10.2. The maximum Gasteiger partial charge on any atom is 0.256 e. The zero-order valence-electron chi connectivity index (χ0n) is 18.5. The molecule has 32 heavy (non-hydrogen) atoms. The fourth-order valence-corrected chi connectivity index (χ4v) is 5.22. The zero-order valence-corrected chi connectivity index (χ0v) is 19.3. The van der Waals surface area contributed by atoms with Gasteiger partial charge in [0.2, 0.25) is 0 Å². The average molecular weight is 451 g/mol. The molecule has 1 saturated heterocycles. The Kier molecular flexibility index (Phi) is 4.80. The second-order valence-electron chi connectivity index (χ2n) is 9.41. The Labute approximate surface area is 192 Å². The maximum atomic E-state index is 12.9. The fraction of sp³-hybridized carbons (Fsp3) is 0.375. The van der Waals surface area contributed by atoms with Crippen molar-refractivity contribution in [3.8, 4) is 0 Å². The number of carbonyl (C=O) groups excluding carboxylic acids is 1. The fourth-order valence-electron chi connectivity index (χ4n) is 5.22. The highest BCUT2D eigenvalue weighted by Crippen LogP contribution is 2.58. The molecule has 3 aromatic heterocycles. The van der Waals surface area contributed by atoms with Gasteiger partial charge in [0.05, 0.1) is 22.8 Å².